The van der Waals surface area contributed by atoms with Gasteiger partial charge in [0.05, 0.1) is 10.6 Å². The van der Waals surface area contributed by atoms with Gasteiger partial charge in [-0.05, 0) is 25.1 Å². The van der Waals surface area contributed by atoms with Crippen LogP contribution < -0.4 is 10.0 Å². The minimum Gasteiger partial charge on any atom is -0.313 e. The third kappa shape index (κ3) is 4.43. The Morgan fingerprint density at radius 2 is 2.19 bits per heavy atom. The summed E-state index contributed by atoms with van der Waals surface area (Å²) in [5.74, 6) is 0. The van der Waals surface area contributed by atoms with Crippen molar-refractivity contribution in [1.82, 2.24) is 10.0 Å². The quantitative estimate of drug-likeness (QED) is 0.814. The number of hydrogen-bond acceptors (Lipinski definition) is 4. The van der Waals surface area contributed by atoms with Crippen LogP contribution in [0.5, 0.6) is 0 Å². The molecular weight excluding hydrogens is 333 g/mol. The second-order valence-electron chi connectivity index (χ2n) is 4.37. The predicted octanol–water partition coefficient (Wildman–Crippen LogP) is 1.83. The van der Waals surface area contributed by atoms with Crippen molar-refractivity contribution in [2.45, 2.75) is 11.3 Å². The average Bonchev–Trinajstić information content (AvgIpc) is 2.46. The molecule has 1 aliphatic heterocycles. The summed E-state index contributed by atoms with van der Waals surface area (Å²) in [6.07, 6.45) is 2.78. The summed E-state index contributed by atoms with van der Waals surface area (Å²) in [5.41, 5.74) is 1.01. The van der Waals surface area contributed by atoms with Gasteiger partial charge in [-0.3, -0.25) is 0 Å². The van der Waals surface area contributed by atoms with E-state index >= 15 is 0 Å². The molecule has 2 N–H and O–H groups in total. The lowest BCUT2D eigenvalue weighted by molar-refractivity contribution is 0.582. The Balaban J connectivity index is 0.00000220. The summed E-state index contributed by atoms with van der Waals surface area (Å²) in [5, 5.41) is 12.3. The Kier molecular flexibility index (Phi) is 6.65. The Labute approximate surface area is 135 Å². The molecule has 0 spiro atoms. The number of hydrogen-bond donors (Lipinski definition) is 2. The lowest BCUT2D eigenvalue weighted by Gasteiger charge is -2.15. The third-order valence-electron chi connectivity index (χ3n) is 3.02. The highest BCUT2D eigenvalue weighted by atomic mass is 35.5. The number of nitrogens with zero attached hydrogens (tertiary/aromatic N) is 1. The summed E-state index contributed by atoms with van der Waals surface area (Å²) < 4.78 is 27.0. The minimum absolute atomic E-state index is 0. The molecule has 0 aliphatic carbocycles. The molecule has 1 heterocycles. The summed E-state index contributed by atoms with van der Waals surface area (Å²) in [7, 11) is -3.74. The molecule has 1 aliphatic rings. The zero-order valence-electron chi connectivity index (χ0n) is 11.1. The van der Waals surface area contributed by atoms with Crippen LogP contribution in [0.1, 0.15) is 12.0 Å². The van der Waals surface area contributed by atoms with E-state index in [2.05, 4.69) is 10.0 Å². The summed E-state index contributed by atoms with van der Waals surface area (Å²) in [4.78, 5) is -0.0814. The molecule has 0 radical (unpaired) electrons. The van der Waals surface area contributed by atoms with Gasteiger partial charge >= 0.3 is 0 Å². The van der Waals surface area contributed by atoms with Crippen molar-refractivity contribution in [3.8, 4) is 6.07 Å². The maximum absolute atomic E-state index is 12.2. The van der Waals surface area contributed by atoms with E-state index in [-0.39, 0.29) is 34.4 Å². The van der Waals surface area contributed by atoms with Gasteiger partial charge in [0.1, 0.15) is 11.0 Å². The van der Waals surface area contributed by atoms with Crippen molar-refractivity contribution in [3.63, 3.8) is 0 Å². The van der Waals surface area contributed by atoms with E-state index in [9.17, 15) is 8.42 Å². The highest BCUT2D eigenvalue weighted by Gasteiger charge is 2.20. The van der Waals surface area contributed by atoms with Crippen LogP contribution in [0.25, 0.3) is 0 Å². The van der Waals surface area contributed by atoms with Gasteiger partial charge in [0.2, 0.25) is 10.0 Å². The number of sulfonamides is 1. The first-order valence-corrected chi connectivity index (χ1v) is 7.97. The molecular formula is C13H15Cl2N3O2S. The van der Waals surface area contributed by atoms with Gasteiger partial charge in [0.25, 0.3) is 0 Å². The van der Waals surface area contributed by atoms with Gasteiger partial charge in [-0.2, -0.15) is 5.26 Å². The number of nitrogens with one attached hydrogen (secondary N) is 2. The molecule has 0 aromatic heterocycles. The van der Waals surface area contributed by atoms with Crippen LogP contribution in [0.4, 0.5) is 0 Å². The Bertz CT molecular complexity index is 681. The van der Waals surface area contributed by atoms with Crippen molar-refractivity contribution >= 4 is 34.0 Å². The Morgan fingerprint density at radius 1 is 1.43 bits per heavy atom. The third-order valence-corrected chi connectivity index (χ3v) is 4.78. The topological polar surface area (TPSA) is 82.0 Å². The lowest BCUT2D eigenvalue weighted by atomic mass is 10.1. The molecule has 0 atom stereocenters. The fraction of sp³-hybridized carbons (Fsp3) is 0.308. The van der Waals surface area contributed by atoms with E-state index in [1.165, 1.54) is 18.2 Å². The molecule has 0 saturated carbocycles. The van der Waals surface area contributed by atoms with E-state index < -0.39 is 10.0 Å². The Morgan fingerprint density at radius 3 is 2.81 bits per heavy atom. The first kappa shape index (κ1) is 18.0. The molecule has 114 valence electrons. The predicted molar refractivity (Wildman–Crippen MR) is 84.2 cm³/mol. The van der Waals surface area contributed by atoms with Crippen LogP contribution in [0.15, 0.2) is 34.7 Å². The fourth-order valence-corrected chi connectivity index (χ4v) is 3.42. The first-order valence-electron chi connectivity index (χ1n) is 6.11. The molecule has 1 aromatic rings. The smallest absolute Gasteiger partial charge is 0.242 e. The maximum Gasteiger partial charge on any atom is 0.242 e. The molecule has 8 heteroatoms. The number of nitriles is 1. The number of halogens is 2. The van der Waals surface area contributed by atoms with E-state index in [4.69, 9.17) is 16.9 Å². The molecule has 0 saturated heterocycles. The van der Waals surface area contributed by atoms with Gasteiger partial charge in [0.15, 0.2) is 0 Å². The SMILES string of the molecule is Cl.N#Cc1c(Cl)cccc1S(=O)(=O)NCC1=CCNCC1. The van der Waals surface area contributed by atoms with E-state index in [0.717, 1.165) is 25.1 Å². The zero-order valence-corrected chi connectivity index (χ0v) is 13.5. The summed E-state index contributed by atoms with van der Waals surface area (Å²) in [6, 6.07) is 6.22. The lowest BCUT2D eigenvalue weighted by Crippen LogP contribution is -2.30. The van der Waals surface area contributed by atoms with Gasteiger partial charge in [-0.25, -0.2) is 13.1 Å². The van der Waals surface area contributed by atoms with Crippen LogP contribution >= 0.6 is 24.0 Å². The molecule has 0 amide bonds. The summed E-state index contributed by atoms with van der Waals surface area (Å²) in [6.45, 7) is 1.84. The molecule has 0 fully saturated rings. The van der Waals surface area contributed by atoms with Gasteiger partial charge in [-0.1, -0.05) is 29.3 Å². The average molecular weight is 348 g/mol. The number of rotatable bonds is 4. The monoisotopic (exact) mass is 347 g/mol. The van der Waals surface area contributed by atoms with Crippen LogP contribution in [0.2, 0.25) is 5.02 Å². The van der Waals surface area contributed by atoms with Crippen molar-refractivity contribution in [2.24, 2.45) is 0 Å². The maximum atomic E-state index is 12.2. The minimum atomic E-state index is -3.74. The normalized spacial score (nSPS) is 14.8. The van der Waals surface area contributed by atoms with Crippen LogP contribution in [-0.2, 0) is 10.0 Å². The van der Waals surface area contributed by atoms with Crippen LogP contribution in [0.3, 0.4) is 0 Å². The van der Waals surface area contributed by atoms with Crippen molar-refractivity contribution < 1.29 is 8.42 Å². The molecule has 0 unspecified atom stereocenters. The van der Waals surface area contributed by atoms with Crippen molar-refractivity contribution in [2.75, 3.05) is 19.6 Å². The second-order valence-corrected chi connectivity index (χ2v) is 6.51. The van der Waals surface area contributed by atoms with Crippen LogP contribution in [-0.4, -0.2) is 28.1 Å². The van der Waals surface area contributed by atoms with E-state index in [0.29, 0.717) is 0 Å². The molecule has 21 heavy (non-hydrogen) atoms. The molecule has 2 rings (SSSR count). The van der Waals surface area contributed by atoms with Crippen LogP contribution in [0, 0.1) is 11.3 Å². The van der Waals surface area contributed by atoms with Crippen molar-refractivity contribution in [1.29, 1.82) is 5.26 Å². The second kappa shape index (κ2) is 7.78. The zero-order chi connectivity index (χ0) is 14.6. The largest absolute Gasteiger partial charge is 0.313 e. The standard InChI is InChI=1S/C13H14ClN3O2S.ClH/c14-12-2-1-3-13(11(12)8-15)20(18,19)17-9-10-4-6-16-7-5-10;/h1-4,16-17H,5-7,9H2;1H. The van der Waals surface area contributed by atoms with Crippen molar-refractivity contribution in [3.05, 3.63) is 40.4 Å². The van der Waals surface area contributed by atoms with Gasteiger partial charge in [-0.15, -0.1) is 12.4 Å². The molecule has 0 bridgehead atoms. The fourth-order valence-electron chi connectivity index (χ4n) is 1.93. The Hall–Kier alpha value is -1.10. The van der Waals surface area contributed by atoms with Gasteiger partial charge in [0, 0.05) is 13.1 Å². The summed E-state index contributed by atoms with van der Waals surface area (Å²) >= 11 is 5.85. The highest BCUT2D eigenvalue weighted by Crippen LogP contribution is 2.23. The first-order chi connectivity index (χ1) is 9.54. The molecule has 5 nitrogen and oxygen atoms in total. The number of benzene rings is 1. The molecule has 1 aromatic carbocycles. The van der Waals surface area contributed by atoms with E-state index in [1.54, 1.807) is 0 Å². The van der Waals surface area contributed by atoms with E-state index in [1.807, 2.05) is 12.1 Å². The highest BCUT2D eigenvalue weighted by molar-refractivity contribution is 7.89. The van der Waals surface area contributed by atoms with Gasteiger partial charge < -0.3 is 5.32 Å².